The van der Waals surface area contributed by atoms with Gasteiger partial charge in [0.15, 0.2) is 0 Å². The molecule has 2 heterocycles. The second-order valence-electron chi connectivity index (χ2n) is 7.63. The molecule has 0 saturated heterocycles. The van der Waals surface area contributed by atoms with Gasteiger partial charge in [-0.1, -0.05) is 42.5 Å². The van der Waals surface area contributed by atoms with Gasteiger partial charge in [-0.05, 0) is 76.7 Å². The second kappa shape index (κ2) is 7.59. The minimum Gasteiger partial charge on any atom is -0.497 e. The summed E-state index contributed by atoms with van der Waals surface area (Å²) in [5, 5.41) is 2.61. The molecule has 0 saturated carbocycles. The van der Waals surface area contributed by atoms with E-state index in [1.807, 2.05) is 12.1 Å². The van der Waals surface area contributed by atoms with Gasteiger partial charge in [-0.2, -0.15) is 0 Å². The summed E-state index contributed by atoms with van der Waals surface area (Å²) in [5.74, 6) is 0.876. The Bertz CT molecular complexity index is 1120. The molecular formula is C26H24N2O. The fourth-order valence-corrected chi connectivity index (χ4v) is 4.05. The molecule has 3 aromatic carbocycles. The Morgan fingerprint density at radius 3 is 2.62 bits per heavy atom. The van der Waals surface area contributed by atoms with Crippen molar-refractivity contribution in [3.05, 3.63) is 102 Å². The highest BCUT2D eigenvalue weighted by Gasteiger charge is 2.25. The first kappa shape index (κ1) is 17.7. The number of allylic oxidation sites excluding steroid dienone is 2. The van der Waals surface area contributed by atoms with Crippen molar-refractivity contribution in [1.29, 1.82) is 0 Å². The molecule has 0 spiro atoms. The largest absolute Gasteiger partial charge is 0.497 e. The summed E-state index contributed by atoms with van der Waals surface area (Å²) in [6, 6.07) is 23.5. The number of benzene rings is 3. The van der Waals surface area contributed by atoms with E-state index >= 15 is 0 Å². The molecule has 2 aliphatic rings. The molecule has 0 fully saturated rings. The summed E-state index contributed by atoms with van der Waals surface area (Å²) in [6.07, 6.45) is 8.93. The molecule has 5 rings (SSSR count). The fourth-order valence-electron chi connectivity index (χ4n) is 4.05. The third-order valence-electron chi connectivity index (χ3n) is 5.74. The van der Waals surface area contributed by atoms with Crippen LogP contribution in [0.4, 0.5) is 0 Å². The lowest BCUT2D eigenvalue weighted by Crippen LogP contribution is -2.26. The maximum atomic E-state index is 5.26. The molecule has 0 radical (unpaired) electrons. The van der Waals surface area contributed by atoms with E-state index in [1.165, 1.54) is 27.5 Å². The van der Waals surface area contributed by atoms with Crippen molar-refractivity contribution in [2.24, 2.45) is 4.99 Å². The van der Waals surface area contributed by atoms with Crippen molar-refractivity contribution in [1.82, 2.24) is 4.90 Å². The van der Waals surface area contributed by atoms with Gasteiger partial charge in [0.25, 0.3) is 0 Å². The summed E-state index contributed by atoms with van der Waals surface area (Å²) in [6.45, 7) is 0.849. The quantitative estimate of drug-likeness (QED) is 0.595. The summed E-state index contributed by atoms with van der Waals surface area (Å²) in [7, 11) is 1.69. The summed E-state index contributed by atoms with van der Waals surface area (Å²) < 4.78 is 5.26. The Morgan fingerprint density at radius 2 is 1.79 bits per heavy atom. The number of nitrogens with zero attached hydrogens (tertiary/aromatic N) is 2. The predicted octanol–water partition coefficient (Wildman–Crippen LogP) is 5.37. The van der Waals surface area contributed by atoms with Gasteiger partial charge >= 0.3 is 0 Å². The van der Waals surface area contributed by atoms with E-state index in [9.17, 15) is 0 Å². The summed E-state index contributed by atoms with van der Waals surface area (Å²) >= 11 is 0. The maximum absolute atomic E-state index is 5.26. The molecule has 3 heteroatoms. The minimum atomic E-state index is 0.115. The Kier molecular flexibility index (Phi) is 4.65. The molecule has 0 aromatic heterocycles. The third-order valence-corrected chi connectivity index (χ3v) is 5.74. The monoisotopic (exact) mass is 380 g/mol. The van der Waals surface area contributed by atoms with Gasteiger partial charge in [-0.15, -0.1) is 0 Å². The highest BCUT2D eigenvalue weighted by atomic mass is 16.5. The minimum absolute atomic E-state index is 0.115. The lowest BCUT2D eigenvalue weighted by molar-refractivity contribution is 0.390. The molecule has 0 amide bonds. The SMILES string of the molecule is COc1ccc(C2=NC3C=C(CCc4ccc5ccccc5c4)C=CN3C2)cc1. The molecular weight excluding hydrogens is 356 g/mol. The first-order chi connectivity index (χ1) is 14.3. The van der Waals surface area contributed by atoms with Crippen LogP contribution >= 0.6 is 0 Å². The van der Waals surface area contributed by atoms with Gasteiger partial charge in [-0.25, -0.2) is 0 Å². The van der Waals surface area contributed by atoms with E-state index < -0.39 is 0 Å². The summed E-state index contributed by atoms with van der Waals surface area (Å²) in [4.78, 5) is 7.25. The van der Waals surface area contributed by atoms with Crippen molar-refractivity contribution in [3.63, 3.8) is 0 Å². The van der Waals surface area contributed by atoms with Gasteiger partial charge in [0, 0.05) is 6.20 Å². The zero-order chi connectivity index (χ0) is 19.6. The van der Waals surface area contributed by atoms with Crippen LogP contribution in [0.2, 0.25) is 0 Å². The van der Waals surface area contributed by atoms with E-state index in [4.69, 9.17) is 9.73 Å². The third kappa shape index (κ3) is 3.68. The Labute approximate surface area is 171 Å². The number of methoxy groups -OCH3 is 1. The molecule has 1 unspecified atom stereocenters. The van der Waals surface area contributed by atoms with Crippen molar-refractivity contribution in [2.45, 2.75) is 19.0 Å². The van der Waals surface area contributed by atoms with Crippen LogP contribution < -0.4 is 4.74 Å². The molecule has 1 atom stereocenters. The fraction of sp³-hybridized carbons (Fsp3) is 0.192. The zero-order valence-electron chi connectivity index (χ0n) is 16.6. The van der Waals surface area contributed by atoms with E-state index in [-0.39, 0.29) is 6.17 Å². The Hall–Kier alpha value is -3.33. The average Bonchev–Trinajstić information content (AvgIpc) is 3.21. The highest BCUT2D eigenvalue weighted by Crippen LogP contribution is 2.25. The van der Waals surface area contributed by atoms with E-state index in [2.05, 4.69) is 77.8 Å². The van der Waals surface area contributed by atoms with Crippen LogP contribution in [0.1, 0.15) is 17.5 Å². The molecule has 2 aliphatic heterocycles. The van der Waals surface area contributed by atoms with Crippen LogP contribution in [0.5, 0.6) is 5.75 Å². The van der Waals surface area contributed by atoms with Crippen LogP contribution in [0.25, 0.3) is 10.8 Å². The highest BCUT2D eigenvalue weighted by molar-refractivity contribution is 6.03. The number of aliphatic imine (C=N–C) groups is 1. The van der Waals surface area contributed by atoms with Crippen molar-refractivity contribution >= 4 is 16.5 Å². The summed E-state index contributed by atoms with van der Waals surface area (Å²) in [5.41, 5.74) is 5.04. The van der Waals surface area contributed by atoms with Crippen molar-refractivity contribution in [2.75, 3.05) is 13.7 Å². The van der Waals surface area contributed by atoms with Gasteiger partial charge < -0.3 is 9.64 Å². The molecule has 3 aromatic rings. The number of ether oxygens (including phenoxy) is 1. The number of fused-ring (bicyclic) bond motifs is 2. The van der Waals surface area contributed by atoms with Crippen LogP contribution in [-0.4, -0.2) is 30.4 Å². The van der Waals surface area contributed by atoms with Crippen molar-refractivity contribution in [3.8, 4) is 5.75 Å². The Morgan fingerprint density at radius 1 is 0.966 bits per heavy atom. The standard InChI is InChI=1S/C26H24N2O/c1-29-24-12-10-22(11-13-24)25-18-28-15-14-20(17-26(28)27-25)7-6-19-8-9-21-4-2-3-5-23(21)16-19/h2-5,8-17,26H,6-7,18H2,1H3. The number of hydrogen-bond donors (Lipinski definition) is 0. The lowest BCUT2D eigenvalue weighted by Gasteiger charge is -2.23. The van der Waals surface area contributed by atoms with E-state index in [0.717, 1.165) is 30.8 Å². The van der Waals surface area contributed by atoms with Gasteiger partial charge in [0.2, 0.25) is 0 Å². The Balaban J connectivity index is 1.28. The second-order valence-corrected chi connectivity index (χ2v) is 7.63. The number of rotatable bonds is 5. The first-order valence-corrected chi connectivity index (χ1v) is 10.1. The molecule has 0 aliphatic carbocycles. The van der Waals surface area contributed by atoms with Crippen molar-refractivity contribution < 1.29 is 4.74 Å². The normalized spacial score (nSPS) is 17.8. The number of hydrogen-bond acceptors (Lipinski definition) is 3. The topological polar surface area (TPSA) is 24.8 Å². The molecule has 29 heavy (non-hydrogen) atoms. The average molecular weight is 380 g/mol. The molecule has 0 N–H and O–H groups in total. The predicted molar refractivity (Wildman–Crippen MR) is 120 cm³/mol. The van der Waals surface area contributed by atoms with Crippen LogP contribution in [0.15, 0.2) is 95.6 Å². The van der Waals surface area contributed by atoms with Crippen LogP contribution in [0.3, 0.4) is 0 Å². The van der Waals surface area contributed by atoms with Gasteiger partial charge in [0.1, 0.15) is 11.9 Å². The zero-order valence-corrected chi connectivity index (χ0v) is 16.6. The molecule has 0 bridgehead atoms. The smallest absolute Gasteiger partial charge is 0.141 e. The maximum Gasteiger partial charge on any atom is 0.141 e. The van der Waals surface area contributed by atoms with Gasteiger partial charge in [-0.3, -0.25) is 4.99 Å². The van der Waals surface area contributed by atoms with Crippen LogP contribution in [0, 0.1) is 0 Å². The lowest BCUT2D eigenvalue weighted by atomic mass is 10.00. The molecule has 144 valence electrons. The first-order valence-electron chi connectivity index (χ1n) is 10.1. The van der Waals surface area contributed by atoms with E-state index in [0.29, 0.717) is 0 Å². The van der Waals surface area contributed by atoms with Crippen LogP contribution in [-0.2, 0) is 6.42 Å². The molecule has 3 nitrogen and oxygen atoms in total. The van der Waals surface area contributed by atoms with Gasteiger partial charge in [0.05, 0.1) is 19.4 Å². The number of aryl methyl sites for hydroxylation is 1. The van der Waals surface area contributed by atoms with E-state index in [1.54, 1.807) is 7.11 Å².